The Bertz CT molecular complexity index is 605. The van der Waals surface area contributed by atoms with Gasteiger partial charge in [0.1, 0.15) is 23.2 Å². The molecule has 0 atom stereocenters. The molecule has 0 aliphatic carbocycles. The first kappa shape index (κ1) is 13.9. The monoisotopic (exact) mass is 281 g/mol. The van der Waals surface area contributed by atoms with Crippen LogP contribution < -0.4 is 5.73 Å². The van der Waals surface area contributed by atoms with Gasteiger partial charge in [0, 0.05) is 18.0 Å². The van der Waals surface area contributed by atoms with Crippen molar-refractivity contribution in [1.82, 2.24) is 9.55 Å². The van der Waals surface area contributed by atoms with Gasteiger partial charge in [-0.2, -0.15) is 0 Å². The molecule has 3 nitrogen and oxygen atoms in total. The Labute approximate surface area is 117 Å². The molecule has 0 spiro atoms. The molecule has 2 N–H and O–H groups in total. The first-order valence-corrected chi connectivity index (χ1v) is 6.64. The largest absolute Gasteiger partial charge is 0.383 e. The summed E-state index contributed by atoms with van der Waals surface area (Å²) < 4.78 is 15.2. The quantitative estimate of drug-likeness (QED) is 0.922. The van der Waals surface area contributed by atoms with E-state index in [0.29, 0.717) is 11.5 Å². The van der Waals surface area contributed by atoms with Gasteiger partial charge in [0.2, 0.25) is 0 Å². The molecule has 0 bridgehead atoms. The summed E-state index contributed by atoms with van der Waals surface area (Å²) in [6.45, 7) is 6.90. The van der Waals surface area contributed by atoms with Gasteiger partial charge in [-0.25, -0.2) is 9.37 Å². The summed E-state index contributed by atoms with van der Waals surface area (Å²) in [5.41, 5.74) is 7.53. The van der Waals surface area contributed by atoms with Crippen LogP contribution in [0, 0.1) is 5.82 Å². The van der Waals surface area contributed by atoms with Crippen LogP contribution in [0.25, 0.3) is 11.3 Å². The highest BCUT2D eigenvalue weighted by Crippen LogP contribution is 2.31. The predicted molar refractivity (Wildman–Crippen MR) is 76.8 cm³/mol. The molecule has 0 aliphatic heterocycles. The number of nitrogens with two attached hydrogens (primary N) is 1. The van der Waals surface area contributed by atoms with Crippen molar-refractivity contribution < 1.29 is 4.39 Å². The van der Waals surface area contributed by atoms with Crippen molar-refractivity contribution in [3.05, 3.63) is 34.9 Å². The maximum atomic E-state index is 13.2. The fraction of sp³-hybridized carbons (Fsp3) is 0.357. The summed E-state index contributed by atoms with van der Waals surface area (Å²) in [6, 6.07) is 4.53. The van der Waals surface area contributed by atoms with Crippen molar-refractivity contribution in [2.24, 2.45) is 0 Å². The highest BCUT2D eigenvalue weighted by Gasteiger charge is 2.17. The van der Waals surface area contributed by atoms with E-state index in [2.05, 4.69) is 18.8 Å². The highest BCUT2D eigenvalue weighted by atomic mass is 35.5. The second kappa shape index (κ2) is 5.21. The van der Waals surface area contributed by atoms with Crippen molar-refractivity contribution in [3.8, 4) is 11.3 Å². The van der Waals surface area contributed by atoms with E-state index in [4.69, 9.17) is 17.3 Å². The molecular formula is C14H17ClFN3. The van der Waals surface area contributed by atoms with Gasteiger partial charge >= 0.3 is 0 Å². The number of imidazole rings is 1. The minimum atomic E-state index is -0.442. The van der Waals surface area contributed by atoms with E-state index in [-0.39, 0.29) is 10.9 Å². The van der Waals surface area contributed by atoms with E-state index in [1.807, 2.05) is 11.5 Å². The second-order valence-corrected chi connectivity index (χ2v) is 5.14. The minimum Gasteiger partial charge on any atom is -0.383 e. The van der Waals surface area contributed by atoms with E-state index in [1.165, 1.54) is 6.07 Å². The number of benzene rings is 1. The highest BCUT2D eigenvalue weighted by molar-refractivity contribution is 6.31. The standard InChI is InChI=1S/C14H17ClFN3/c1-4-19-13(17)12(18-14(19)8(2)3)9-5-6-11(16)10(15)7-9/h5-8H,4,17H2,1-3H3. The van der Waals surface area contributed by atoms with Crippen LogP contribution in [-0.2, 0) is 6.54 Å². The van der Waals surface area contributed by atoms with Gasteiger partial charge < -0.3 is 10.3 Å². The SMILES string of the molecule is CCn1c(C(C)C)nc(-c2ccc(F)c(Cl)c2)c1N. The summed E-state index contributed by atoms with van der Waals surface area (Å²) in [6.07, 6.45) is 0. The van der Waals surface area contributed by atoms with E-state index in [9.17, 15) is 4.39 Å². The van der Waals surface area contributed by atoms with E-state index >= 15 is 0 Å². The molecule has 1 aromatic heterocycles. The lowest BCUT2D eigenvalue weighted by molar-refractivity contribution is 0.628. The Balaban J connectivity index is 2.59. The van der Waals surface area contributed by atoms with Crippen LogP contribution in [0.3, 0.4) is 0 Å². The summed E-state index contributed by atoms with van der Waals surface area (Å²) >= 11 is 5.81. The zero-order valence-electron chi connectivity index (χ0n) is 11.2. The number of nitrogens with zero attached hydrogens (tertiary/aromatic N) is 2. The van der Waals surface area contributed by atoms with Crippen molar-refractivity contribution >= 4 is 17.4 Å². The number of rotatable bonds is 3. The molecule has 1 aromatic carbocycles. The molecule has 0 saturated carbocycles. The van der Waals surface area contributed by atoms with Gasteiger partial charge in [-0.1, -0.05) is 25.4 Å². The Morgan fingerprint density at radius 3 is 2.58 bits per heavy atom. The number of anilines is 1. The number of hydrogen-bond donors (Lipinski definition) is 1. The molecule has 0 unspecified atom stereocenters. The fourth-order valence-corrected chi connectivity index (χ4v) is 2.29. The lowest BCUT2D eigenvalue weighted by Crippen LogP contribution is -2.06. The third-order valence-electron chi connectivity index (χ3n) is 3.06. The number of halogens is 2. The summed E-state index contributed by atoms with van der Waals surface area (Å²) in [7, 11) is 0. The Morgan fingerprint density at radius 2 is 2.11 bits per heavy atom. The van der Waals surface area contributed by atoms with E-state index < -0.39 is 5.82 Å². The molecule has 0 aliphatic rings. The van der Waals surface area contributed by atoms with E-state index in [0.717, 1.165) is 17.9 Å². The fourth-order valence-electron chi connectivity index (χ4n) is 2.11. The summed E-state index contributed by atoms with van der Waals surface area (Å²) in [4.78, 5) is 4.58. The van der Waals surface area contributed by atoms with Gasteiger partial charge in [0.15, 0.2) is 0 Å². The summed E-state index contributed by atoms with van der Waals surface area (Å²) in [5, 5.41) is 0.0778. The molecule has 0 radical (unpaired) electrons. The van der Waals surface area contributed by atoms with Gasteiger partial charge in [-0.15, -0.1) is 0 Å². The van der Waals surface area contributed by atoms with Crippen LogP contribution in [0.2, 0.25) is 5.02 Å². The average Bonchev–Trinajstić information content (AvgIpc) is 2.70. The first-order chi connectivity index (χ1) is 8.95. The molecule has 0 fully saturated rings. The normalized spacial score (nSPS) is 11.3. The molecule has 2 rings (SSSR count). The van der Waals surface area contributed by atoms with Crippen molar-refractivity contribution in [2.45, 2.75) is 33.2 Å². The number of aromatic nitrogens is 2. The lowest BCUT2D eigenvalue weighted by atomic mass is 10.1. The van der Waals surface area contributed by atoms with E-state index in [1.54, 1.807) is 12.1 Å². The third-order valence-corrected chi connectivity index (χ3v) is 3.35. The minimum absolute atomic E-state index is 0.0778. The second-order valence-electron chi connectivity index (χ2n) is 4.73. The summed E-state index contributed by atoms with van der Waals surface area (Å²) in [5.74, 6) is 1.35. The smallest absolute Gasteiger partial charge is 0.141 e. The predicted octanol–water partition coefficient (Wildman–Crippen LogP) is 4.07. The Morgan fingerprint density at radius 1 is 1.42 bits per heavy atom. The van der Waals surface area contributed by atoms with Crippen molar-refractivity contribution in [3.63, 3.8) is 0 Å². The zero-order valence-corrected chi connectivity index (χ0v) is 12.0. The Kier molecular flexibility index (Phi) is 3.80. The number of hydrogen-bond acceptors (Lipinski definition) is 2. The van der Waals surface area contributed by atoms with Crippen LogP contribution in [0.15, 0.2) is 18.2 Å². The van der Waals surface area contributed by atoms with Crippen LogP contribution in [0.1, 0.15) is 32.5 Å². The molecule has 2 aromatic rings. The van der Waals surface area contributed by atoms with Crippen LogP contribution in [0.5, 0.6) is 0 Å². The zero-order chi connectivity index (χ0) is 14.2. The van der Waals surface area contributed by atoms with Gasteiger partial charge in [-0.05, 0) is 25.1 Å². The molecule has 5 heteroatoms. The van der Waals surface area contributed by atoms with Crippen LogP contribution >= 0.6 is 11.6 Å². The maximum Gasteiger partial charge on any atom is 0.141 e. The van der Waals surface area contributed by atoms with Crippen LogP contribution in [-0.4, -0.2) is 9.55 Å². The molecule has 19 heavy (non-hydrogen) atoms. The molecule has 0 saturated heterocycles. The molecule has 1 heterocycles. The van der Waals surface area contributed by atoms with Crippen molar-refractivity contribution in [2.75, 3.05) is 5.73 Å². The van der Waals surface area contributed by atoms with Gasteiger partial charge in [0.25, 0.3) is 0 Å². The molecule has 0 amide bonds. The van der Waals surface area contributed by atoms with Gasteiger partial charge in [-0.3, -0.25) is 0 Å². The lowest BCUT2D eigenvalue weighted by Gasteiger charge is -2.08. The Hall–Kier alpha value is -1.55. The third kappa shape index (κ3) is 2.45. The number of nitrogen functional groups attached to an aromatic ring is 1. The topological polar surface area (TPSA) is 43.8 Å². The first-order valence-electron chi connectivity index (χ1n) is 6.27. The average molecular weight is 282 g/mol. The van der Waals surface area contributed by atoms with Crippen LogP contribution in [0.4, 0.5) is 10.2 Å². The molecule has 102 valence electrons. The van der Waals surface area contributed by atoms with Crippen molar-refractivity contribution in [1.29, 1.82) is 0 Å². The maximum absolute atomic E-state index is 13.2. The van der Waals surface area contributed by atoms with Gasteiger partial charge in [0.05, 0.1) is 5.02 Å². The molecular weight excluding hydrogens is 265 g/mol.